The minimum Gasteiger partial charge on any atom is -0.481 e. The van der Waals surface area contributed by atoms with Gasteiger partial charge in [-0.25, -0.2) is 0 Å². The molecular weight excluding hydrogens is 137 g/mol. The summed E-state index contributed by atoms with van der Waals surface area (Å²) in [6.45, 7) is 0. The highest BCUT2D eigenvalue weighted by atomic mass is 16.4. The molecule has 5 nitrogen and oxygen atoms in total. The molecule has 0 aromatic carbocycles. The van der Waals surface area contributed by atoms with E-state index in [9.17, 15) is 9.59 Å². The maximum Gasteiger partial charge on any atom is 0.320 e. The van der Waals surface area contributed by atoms with Gasteiger partial charge < -0.3 is 15.9 Å². The molecule has 0 spiro atoms. The van der Waals surface area contributed by atoms with E-state index in [4.69, 9.17) is 15.9 Å². The van der Waals surface area contributed by atoms with Gasteiger partial charge in [-0.1, -0.05) is 0 Å². The Balaban J connectivity index is 3.49. The average molecular weight is 146 g/mol. The quantitative estimate of drug-likeness (QED) is 0.485. The topological polar surface area (TPSA) is 101 Å². The van der Waals surface area contributed by atoms with Crippen LogP contribution < -0.4 is 5.73 Å². The van der Waals surface area contributed by atoms with Crippen molar-refractivity contribution in [2.24, 2.45) is 5.73 Å². The Morgan fingerprint density at radius 2 is 1.90 bits per heavy atom. The standard InChI is InChI=1S/C5H9NO4/c6-3(5(9)10)1-2-4(7)8/h3H,1-2,6H2,(H,7,8)(H,9,10)/i5-1. The van der Waals surface area contributed by atoms with E-state index < -0.39 is 18.0 Å². The van der Waals surface area contributed by atoms with Crippen molar-refractivity contribution in [1.82, 2.24) is 0 Å². The summed E-state index contributed by atoms with van der Waals surface area (Å²) in [4.78, 5) is 19.9. The smallest absolute Gasteiger partial charge is 0.320 e. The third-order valence-electron chi connectivity index (χ3n) is 0.986. The van der Waals surface area contributed by atoms with Crippen LogP contribution >= 0.6 is 0 Å². The molecule has 0 aliphatic carbocycles. The van der Waals surface area contributed by atoms with Crippen LogP contribution in [-0.2, 0) is 9.59 Å². The maximum atomic E-state index is 9.99. The van der Waals surface area contributed by atoms with Crippen LogP contribution in [0.25, 0.3) is 0 Å². The zero-order valence-corrected chi connectivity index (χ0v) is 5.28. The first-order chi connectivity index (χ1) is 4.54. The highest BCUT2D eigenvalue weighted by Gasteiger charge is 2.12. The van der Waals surface area contributed by atoms with Crippen molar-refractivity contribution in [1.29, 1.82) is 0 Å². The lowest BCUT2D eigenvalue weighted by Gasteiger charge is -2.01. The van der Waals surface area contributed by atoms with Crippen molar-refractivity contribution in [3.05, 3.63) is 0 Å². The van der Waals surface area contributed by atoms with Gasteiger partial charge in [-0.05, 0) is 6.42 Å². The van der Waals surface area contributed by atoms with E-state index in [1.54, 1.807) is 0 Å². The average Bonchev–Trinajstić information content (AvgIpc) is 1.82. The van der Waals surface area contributed by atoms with E-state index in [1.807, 2.05) is 0 Å². The van der Waals surface area contributed by atoms with Crippen LogP contribution in [0.4, 0.5) is 0 Å². The van der Waals surface area contributed by atoms with Crippen LogP contribution in [0.15, 0.2) is 0 Å². The second-order valence-electron chi connectivity index (χ2n) is 1.88. The third kappa shape index (κ3) is 3.85. The van der Waals surface area contributed by atoms with Crippen LogP contribution in [0.3, 0.4) is 0 Å². The number of hydrogen-bond donors (Lipinski definition) is 3. The molecule has 4 N–H and O–H groups in total. The van der Waals surface area contributed by atoms with E-state index >= 15 is 0 Å². The molecule has 10 heavy (non-hydrogen) atoms. The lowest BCUT2D eigenvalue weighted by Crippen LogP contribution is -2.30. The van der Waals surface area contributed by atoms with E-state index in [1.165, 1.54) is 0 Å². The second kappa shape index (κ2) is 3.84. The van der Waals surface area contributed by atoms with E-state index in [0.29, 0.717) is 0 Å². The zero-order chi connectivity index (χ0) is 8.15. The summed E-state index contributed by atoms with van der Waals surface area (Å²) in [6, 6.07) is -1.06. The van der Waals surface area contributed by atoms with Crippen molar-refractivity contribution >= 4 is 11.9 Å². The summed E-state index contributed by atoms with van der Waals surface area (Å²) in [5.41, 5.74) is 5.00. The summed E-state index contributed by atoms with van der Waals surface area (Å²) in [5, 5.41) is 16.3. The second-order valence-corrected chi connectivity index (χ2v) is 1.88. The van der Waals surface area contributed by atoms with Gasteiger partial charge in [0.15, 0.2) is 0 Å². The molecule has 5 heteroatoms. The lowest BCUT2D eigenvalue weighted by molar-refractivity contribution is -0.139. The minimum absolute atomic E-state index is 0.0231. The number of hydrogen-bond acceptors (Lipinski definition) is 3. The molecule has 0 aliphatic heterocycles. The number of carbonyl (C=O) groups is 2. The first kappa shape index (κ1) is 8.90. The van der Waals surface area contributed by atoms with Gasteiger partial charge in [0.1, 0.15) is 6.04 Å². The van der Waals surface area contributed by atoms with Gasteiger partial charge in [-0.3, -0.25) is 9.59 Å². The van der Waals surface area contributed by atoms with E-state index in [-0.39, 0.29) is 12.8 Å². The normalized spacial score (nSPS) is 12.5. The Bertz CT molecular complexity index is 145. The molecule has 58 valence electrons. The van der Waals surface area contributed by atoms with E-state index in [2.05, 4.69) is 0 Å². The summed E-state index contributed by atoms with van der Waals surface area (Å²) < 4.78 is 0. The van der Waals surface area contributed by atoms with Crippen LogP contribution in [0.5, 0.6) is 0 Å². The minimum atomic E-state index is -1.17. The summed E-state index contributed by atoms with van der Waals surface area (Å²) >= 11 is 0. The van der Waals surface area contributed by atoms with Gasteiger partial charge in [0.2, 0.25) is 0 Å². The van der Waals surface area contributed by atoms with E-state index in [0.717, 1.165) is 0 Å². The van der Waals surface area contributed by atoms with Gasteiger partial charge in [-0.2, -0.15) is 0 Å². The molecule has 1 unspecified atom stereocenters. The molecule has 0 saturated carbocycles. The third-order valence-corrected chi connectivity index (χ3v) is 0.986. The molecule has 0 fully saturated rings. The van der Waals surface area contributed by atoms with Crippen LogP contribution in [-0.4, -0.2) is 28.2 Å². The van der Waals surface area contributed by atoms with Gasteiger partial charge >= 0.3 is 11.9 Å². The van der Waals surface area contributed by atoms with Gasteiger partial charge in [-0.15, -0.1) is 0 Å². The van der Waals surface area contributed by atoms with Crippen molar-refractivity contribution < 1.29 is 19.8 Å². The zero-order valence-electron chi connectivity index (χ0n) is 5.28. The summed E-state index contributed by atoms with van der Waals surface area (Å²) in [5.74, 6) is -2.20. The Morgan fingerprint density at radius 3 is 2.20 bits per heavy atom. The number of aliphatic carboxylic acids is 2. The molecule has 0 heterocycles. The van der Waals surface area contributed by atoms with Gasteiger partial charge in [0.05, 0.1) is 0 Å². The fourth-order valence-corrected chi connectivity index (χ4v) is 0.402. The van der Waals surface area contributed by atoms with Gasteiger partial charge in [0, 0.05) is 6.42 Å². The monoisotopic (exact) mass is 146 g/mol. The van der Waals surface area contributed by atoms with Crippen LogP contribution in [0, 0.1) is 0 Å². The predicted molar refractivity (Wildman–Crippen MR) is 32.5 cm³/mol. The summed E-state index contributed by atoms with van der Waals surface area (Å²) in [7, 11) is 0. The SMILES string of the molecule is NC(CCC(=O)O)[11C](=O)O. The number of rotatable bonds is 4. The molecule has 1 atom stereocenters. The molecule has 0 aliphatic rings. The molecule has 0 rings (SSSR count). The Hall–Kier alpha value is -1.10. The molecule has 0 amide bonds. The first-order valence-electron chi connectivity index (χ1n) is 2.74. The van der Waals surface area contributed by atoms with Gasteiger partial charge in [0.25, 0.3) is 0 Å². The number of carboxylic acids is 2. The fourth-order valence-electron chi connectivity index (χ4n) is 0.402. The Morgan fingerprint density at radius 1 is 1.40 bits per heavy atom. The molecule has 0 bridgehead atoms. The Labute approximate surface area is 57.5 Å². The molecule has 0 aromatic heterocycles. The predicted octanol–water partition coefficient (Wildman–Crippen LogP) is -0.737. The van der Waals surface area contributed by atoms with Crippen molar-refractivity contribution in [3.8, 4) is 0 Å². The molecule has 0 aromatic rings. The highest BCUT2D eigenvalue weighted by molar-refractivity contribution is 5.74. The van der Waals surface area contributed by atoms with Crippen LogP contribution in [0.2, 0.25) is 0 Å². The lowest BCUT2D eigenvalue weighted by atomic mass is 9.91. The van der Waals surface area contributed by atoms with Crippen molar-refractivity contribution in [2.75, 3.05) is 0 Å². The molecule has 0 saturated heterocycles. The summed E-state index contributed by atoms with van der Waals surface area (Å²) in [6.07, 6.45) is -0.224. The van der Waals surface area contributed by atoms with Crippen molar-refractivity contribution in [2.45, 2.75) is 18.9 Å². The Kier molecular flexibility index (Phi) is 3.42. The fraction of sp³-hybridized carbons (Fsp3) is 0.600. The maximum absolute atomic E-state index is 9.99. The largest absolute Gasteiger partial charge is 0.481 e. The number of nitrogens with two attached hydrogens (primary N) is 1. The molecule has 0 radical (unpaired) electrons. The first-order valence-corrected chi connectivity index (χ1v) is 2.74. The van der Waals surface area contributed by atoms with Crippen LogP contribution in [0.1, 0.15) is 12.8 Å². The number of carboxylic acid groups (broad SMARTS) is 2. The highest BCUT2D eigenvalue weighted by Crippen LogP contribution is 1.93. The molecular formula is C5H9NO4. The van der Waals surface area contributed by atoms with Crippen molar-refractivity contribution in [3.63, 3.8) is 0 Å².